The molecule has 0 saturated heterocycles. The molecule has 0 atom stereocenters. The number of rotatable bonds is 3. The lowest BCUT2D eigenvalue weighted by Crippen LogP contribution is -2.15. The van der Waals surface area contributed by atoms with Gasteiger partial charge in [0.1, 0.15) is 0 Å². The van der Waals surface area contributed by atoms with Crippen LogP contribution in [0.1, 0.15) is 28.4 Å². The van der Waals surface area contributed by atoms with E-state index >= 15 is 0 Å². The molecule has 0 heterocycles. The van der Waals surface area contributed by atoms with Gasteiger partial charge in [-0.2, -0.15) is 0 Å². The maximum absolute atomic E-state index is 12.3. The summed E-state index contributed by atoms with van der Waals surface area (Å²) >= 11 is 6.04. The van der Waals surface area contributed by atoms with Crippen LogP contribution in [0.2, 0.25) is 5.02 Å². The molecule has 0 unspecified atom stereocenters. The van der Waals surface area contributed by atoms with Crippen LogP contribution in [0.25, 0.3) is 0 Å². The first kappa shape index (κ1) is 14.4. The summed E-state index contributed by atoms with van der Waals surface area (Å²) < 4.78 is 0. The summed E-state index contributed by atoms with van der Waals surface area (Å²) in [5.74, 6) is -0.210. The van der Waals surface area contributed by atoms with Gasteiger partial charge >= 0.3 is 0 Å². The highest BCUT2D eigenvalue weighted by Gasteiger charge is 2.13. The average Bonchev–Trinajstić information content (AvgIpc) is 2.41. The standard InChI is InChI=1S/C16H17ClN2O/c1-3-11-9-12(18)8-10(2)15(11)19-16(20)13-6-4-5-7-14(13)17/h4-9H,3,18H2,1-2H3,(H,19,20). The highest BCUT2D eigenvalue weighted by molar-refractivity contribution is 6.34. The van der Waals surface area contributed by atoms with Crippen molar-refractivity contribution in [2.45, 2.75) is 20.3 Å². The molecule has 0 fully saturated rings. The minimum atomic E-state index is -0.210. The molecule has 0 aliphatic carbocycles. The van der Waals surface area contributed by atoms with E-state index in [1.807, 2.05) is 26.0 Å². The molecule has 0 aliphatic heterocycles. The third kappa shape index (κ3) is 2.94. The molecule has 0 aliphatic rings. The Morgan fingerprint density at radius 2 is 2.00 bits per heavy atom. The first-order chi connectivity index (χ1) is 9.52. The van der Waals surface area contributed by atoms with Crippen molar-refractivity contribution in [2.24, 2.45) is 0 Å². The van der Waals surface area contributed by atoms with Crippen molar-refractivity contribution in [3.63, 3.8) is 0 Å². The zero-order valence-corrected chi connectivity index (χ0v) is 12.3. The van der Waals surface area contributed by atoms with Crippen molar-refractivity contribution >= 4 is 28.9 Å². The van der Waals surface area contributed by atoms with Crippen LogP contribution in [-0.2, 0) is 6.42 Å². The number of nitrogens with one attached hydrogen (secondary N) is 1. The Labute approximate surface area is 123 Å². The fraction of sp³-hybridized carbons (Fsp3) is 0.188. The van der Waals surface area contributed by atoms with E-state index in [-0.39, 0.29) is 5.91 Å². The number of benzene rings is 2. The lowest BCUT2D eigenvalue weighted by atomic mass is 10.0. The number of anilines is 2. The number of nitrogen functional groups attached to an aromatic ring is 1. The molecule has 3 nitrogen and oxygen atoms in total. The molecule has 20 heavy (non-hydrogen) atoms. The number of carbonyl (C=O) groups excluding carboxylic acids is 1. The predicted octanol–water partition coefficient (Wildman–Crippen LogP) is 4.05. The van der Waals surface area contributed by atoms with Gasteiger partial charge < -0.3 is 11.1 Å². The quantitative estimate of drug-likeness (QED) is 0.837. The number of carbonyl (C=O) groups is 1. The van der Waals surface area contributed by atoms with Crippen molar-refractivity contribution in [3.8, 4) is 0 Å². The Morgan fingerprint density at radius 1 is 1.30 bits per heavy atom. The Kier molecular flexibility index (Phi) is 4.30. The summed E-state index contributed by atoms with van der Waals surface area (Å²) in [6.45, 7) is 3.96. The molecule has 0 saturated carbocycles. The van der Waals surface area contributed by atoms with Gasteiger partial charge in [0.15, 0.2) is 0 Å². The van der Waals surface area contributed by atoms with Gasteiger partial charge in [0, 0.05) is 11.4 Å². The number of amides is 1. The third-order valence-electron chi connectivity index (χ3n) is 3.18. The number of nitrogens with two attached hydrogens (primary N) is 1. The zero-order chi connectivity index (χ0) is 14.7. The number of hydrogen-bond acceptors (Lipinski definition) is 2. The molecule has 104 valence electrons. The second-order valence-electron chi connectivity index (χ2n) is 4.66. The number of halogens is 1. The minimum absolute atomic E-state index is 0.210. The van der Waals surface area contributed by atoms with Crippen molar-refractivity contribution in [2.75, 3.05) is 11.1 Å². The Morgan fingerprint density at radius 3 is 2.65 bits per heavy atom. The van der Waals surface area contributed by atoms with Crippen LogP contribution in [0, 0.1) is 6.92 Å². The van der Waals surface area contributed by atoms with Gasteiger partial charge in [0.2, 0.25) is 0 Å². The smallest absolute Gasteiger partial charge is 0.257 e. The van der Waals surface area contributed by atoms with E-state index in [1.54, 1.807) is 24.3 Å². The fourth-order valence-corrected chi connectivity index (χ4v) is 2.40. The second-order valence-corrected chi connectivity index (χ2v) is 5.07. The molecule has 2 aromatic carbocycles. The minimum Gasteiger partial charge on any atom is -0.399 e. The fourth-order valence-electron chi connectivity index (χ4n) is 2.17. The molecule has 2 rings (SSSR count). The van der Waals surface area contributed by atoms with Crippen LogP contribution in [0.15, 0.2) is 36.4 Å². The van der Waals surface area contributed by atoms with Gasteiger partial charge in [-0.3, -0.25) is 4.79 Å². The molecule has 1 amide bonds. The SMILES string of the molecule is CCc1cc(N)cc(C)c1NC(=O)c1ccccc1Cl. The highest BCUT2D eigenvalue weighted by Crippen LogP contribution is 2.26. The first-order valence-electron chi connectivity index (χ1n) is 6.47. The summed E-state index contributed by atoms with van der Waals surface area (Å²) in [4.78, 5) is 12.3. The van der Waals surface area contributed by atoms with Crippen molar-refractivity contribution in [3.05, 3.63) is 58.1 Å². The van der Waals surface area contributed by atoms with Gasteiger partial charge in [-0.1, -0.05) is 30.7 Å². The lowest BCUT2D eigenvalue weighted by Gasteiger charge is -2.14. The second kappa shape index (κ2) is 5.97. The lowest BCUT2D eigenvalue weighted by molar-refractivity contribution is 0.102. The third-order valence-corrected chi connectivity index (χ3v) is 3.51. The molecule has 0 bridgehead atoms. The molecule has 2 aromatic rings. The van der Waals surface area contributed by atoms with Crippen molar-refractivity contribution in [1.82, 2.24) is 0 Å². The Bertz CT molecular complexity index is 653. The first-order valence-corrected chi connectivity index (χ1v) is 6.85. The van der Waals surface area contributed by atoms with Crippen LogP contribution in [0.4, 0.5) is 11.4 Å². The summed E-state index contributed by atoms with van der Waals surface area (Å²) in [5.41, 5.74) is 9.78. The number of hydrogen-bond donors (Lipinski definition) is 2. The molecule has 0 radical (unpaired) electrons. The molecule has 3 N–H and O–H groups in total. The molecule has 0 spiro atoms. The van der Waals surface area contributed by atoms with Crippen LogP contribution in [0.5, 0.6) is 0 Å². The monoisotopic (exact) mass is 288 g/mol. The Balaban J connectivity index is 2.35. The Hall–Kier alpha value is -2.00. The molecular weight excluding hydrogens is 272 g/mol. The molecule has 0 aromatic heterocycles. The normalized spacial score (nSPS) is 10.3. The summed E-state index contributed by atoms with van der Waals surface area (Å²) in [6.07, 6.45) is 0.796. The zero-order valence-electron chi connectivity index (χ0n) is 11.5. The van der Waals surface area contributed by atoms with E-state index in [9.17, 15) is 4.79 Å². The van der Waals surface area contributed by atoms with Crippen LogP contribution >= 0.6 is 11.6 Å². The van der Waals surface area contributed by atoms with Gasteiger partial charge in [-0.25, -0.2) is 0 Å². The molecular formula is C16H17ClN2O. The summed E-state index contributed by atoms with van der Waals surface area (Å²) in [7, 11) is 0. The predicted molar refractivity (Wildman–Crippen MR) is 84.4 cm³/mol. The van der Waals surface area contributed by atoms with E-state index in [0.717, 1.165) is 23.2 Å². The van der Waals surface area contributed by atoms with E-state index in [2.05, 4.69) is 5.32 Å². The van der Waals surface area contributed by atoms with E-state index < -0.39 is 0 Å². The van der Waals surface area contributed by atoms with Crippen molar-refractivity contribution < 1.29 is 4.79 Å². The van der Waals surface area contributed by atoms with Crippen LogP contribution in [0.3, 0.4) is 0 Å². The van der Waals surface area contributed by atoms with E-state index in [1.165, 1.54) is 0 Å². The van der Waals surface area contributed by atoms with Gasteiger partial charge in [0.05, 0.1) is 10.6 Å². The van der Waals surface area contributed by atoms with E-state index in [4.69, 9.17) is 17.3 Å². The summed E-state index contributed by atoms with van der Waals surface area (Å²) in [5, 5.41) is 3.38. The topological polar surface area (TPSA) is 55.1 Å². The maximum atomic E-state index is 12.3. The average molecular weight is 289 g/mol. The van der Waals surface area contributed by atoms with E-state index in [0.29, 0.717) is 16.3 Å². The summed E-state index contributed by atoms with van der Waals surface area (Å²) in [6, 6.07) is 10.7. The van der Waals surface area contributed by atoms with Gasteiger partial charge in [0.25, 0.3) is 5.91 Å². The largest absolute Gasteiger partial charge is 0.399 e. The highest BCUT2D eigenvalue weighted by atomic mass is 35.5. The number of aryl methyl sites for hydroxylation is 2. The van der Waals surface area contributed by atoms with Crippen LogP contribution < -0.4 is 11.1 Å². The maximum Gasteiger partial charge on any atom is 0.257 e. The van der Waals surface area contributed by atoms with Crippen LogP contribution in [-0.4, -0.2) is 5.91 Å². The van der Waals surface area contributed by atoms with Crippen molar-refractivity contribution in [1.29, 1.82) is 0 Å². The van der Waals surface area contributed by atoms with Gasteiger partial charge in [-0.05, 0) is 48.7 Å². The van der Waals surface area contributed by atoms with Gasteiger partial charge in [-0.15, -0.1) is 0 Å². The molecule has 4 heteroatoms.